The second-order valence-electron chi connectivity index (χ2n) is 5.98. The number of hydrogen-bond donors (Lipinski definition) is 1. The van der Waals surface area contributed by atoms with Gasteiger partial charge in [0.1, 0.15) is 5.82 Å². The van der Waals surface area contributed by atoms with E-state index in [-0.39, 0.29) is 11.4 Å². The molecular formula is C16H24FNO. The lowest BCUT2D eigenvalue weighted by Crippen LogP contribution is -2.44. The fraction of sp³-hybridized carbons (Fsp3) is 0.625. The van der Waals surface area contributed by atoms with Gasteiger partial charge in [-0.2, -0.15) is 0 Å². The summed E-state index contributed by atoms with van der Waals surface area (Å²) < 4.78 is 18.7. The average Bonchev–Trinajstić information content (AvgIpc) is 2.36. The topological polar surface area (TPSA) is 21.3 Å². The predicted octanol–water partition coefficient (Wildman–Crippen LogP) is 3.82. The summed E-state index contributed by atoms with van der Waals surface area (Å²) in [6.07, 6.45) is 3.06. The van der Waals surface area contributed by atoms with Crippen molar-refractivity contribution in [2.24, 2.45) is 0 Å². The summed E-state index contributed by atoms with van der Waals surface area (Å²) in [4.78, 5) is 0. The van der Waals surface area contributed by atoms with Crippen molar-refractivity contribution in [3.63, 3.8) is 0 Å². The van der Waals surface area contributed by atoms with Crippen molar-refractivity contribution in [2.45, 2.75) is 57.7 Å². The summed E-state index contributed by atoms with van der Waals surface area (Å²) >= 11 is 0. The molecule has 2 nitrogen and oxygen atoms in total. The Morgan fingerprint density at radius 1 is 1.37 bits per heavy atom. The van der Waals surface area contributed by atoms with E-state index in [0.29, 0.717) is 12.1 Å². The molecule has 1 N–H and O–H groups in total. The van der Waals surface area contributed by atoms with E-state index in [1.807, 2.05) is 12.1 Å². The molecule has 1 fully saturated rings. The SMILES string of the molecule is CCC(NC1CCOC(C)(C)C1)c1ccc(F)cc1. The minimum Gasteiger partial charge on any atom is -0.375 e. The highest BCUT2D eigenvalue weighted by Gasteiger charge is 2.29. The first-order valence-corrected chi connectivity index (χ1v) is 7.15. The second-order valence-corrected chi connectivity index (χ2v) is 5.98. The molecule has 2 unspecified atom stereocenters. The van der Waals surface area contributed by atoms with Crippen LogP contribution in [0.2, 0.25) is 0 Å². The minimum atomic E-state index is -0.175. The van der Waals surface area contributed by atoms with Crippen LogP contribution in [-0.2, 0) is 4.74 Å². The first kappa shape index (κ1) is 14.5. The van der Waals surface area contributed by atoms with E-state index in [2.05, 4.69) is 26.1 Å². The predicted molar refractivity (Wildman–Crippen MR) is 75.6 cm³/mol. The standard InChI is InChI=1S/C16H24FNO/c1-4-15(12-5-7-13(17)8-6-12)18-14-9-10-19-16(2,3)11-14/h5-8,14-15,18H,4,9-11H2,1-3H3. The maximum Gasteiger partial charge on any atom is 0.123 e. The van der Waals surface area contributed by atoms with E-state index in [9.17, 15) is 4.39 Å². The second kappa shape index (κ2) is 6.02. The van der Waals surface area contributed by atoms with E-state index in [4.69, 9.17) is 4.74 Å². The molecule has 1 heterocycles. The van der Waals surface area contributed by atoms with Gasteiger partial charge in [-0.3, -0.25) is 0 Å². The van der Waals surface area contributed by atoms with E-state index >= 15 is 0 Å². The largest absolute Gasteiger partial charge is 0.375 e. The third-order valence-electron chi connectivity index (χ3n) is 3.81. The van der Waals surface area contributed by atoms with Crippen molar-refractivity contribution >= 4 is 0 Å². The Morgan fingerprint density at radius 3 is 2.63 bits per heavy atom. The van der Waals surface area contributed by atoms with Gasteiger partial charge in [-0.1, -0.05) is 19.1 Å². The zero-order valence-corrected chi connectivity index (χ0v) is 12.1. The van der Waals surface area contributed by atoms with Crippen LogP contribution in [0.5, 0.6) is 0 Å². The average molecular weight is 265 g/mol. The lowest BCUT2D eigenvalue weighted by atomic mass is 9.92. The molecule has 19 heavy (non-hydrogen) atoms. The molecule has 0 aliphatic carbocycles. The van der Waals surface area contributed by atoms with Crippen LogP contribution in [0.4, 0.5) is 4.39 Å². The Bertz CT molecular complexity index is 402. The Morgan fingerprint density at radius 2 is 2.05 bits per heavy atom. The van der Waals surface area contributed by atoms with Gasteiger partial charge >= 0.3 is 0 Å². The third kappa shape index (κ3) is 4.02. The first-order chi connectivity index (χ1) is 9.00. The molecule has 0 bridgehead atoms. The van der Waals surface area contributed by atoms with Gasteiger partial charge in [0.05, 0.1) is 5.60 Å². The van der Waals surface area contributed by atoms with E-state index < -0.39 is 0 Å². The first-order valence-electron chi connectivity index (χ1n) is 7.15. The molecule has 106 valence electrons. The van der Waals surface area contributed by atoms with Crippen molar-refractivity contribution < 1.29 is 9.13 Å². The van der Waals surface area contributed by atoms with Gasteiger partial charge in [0.15, 0.2) is 0 Å². The summed E-state index contributed by atoms with van der Waals surface area (Å²) in [5, 5.41) is 3.69. The molecule has 1 saturated heterocycles. The Balaban J connectivity index is 2.01. The fourth-order valence-corrected chi connectivity index (χ4v) is 2.80. The van der Waals surface area contributed by atoms with Gasteiger partial charge in [-0.05, 0) is 50.8 Å². The molecule has 1 aromatic rings. The normalized spacial score (nSPS) is 24.1. The summed E-state index contributed by atoms with van der Waals surface area (Å²) in [7, 11) is 0. The van der Waals surface area contributed by atoms with Gasteiger partial charge in [0, 0.05) is 18.7 Å². The van der Waals surface area contributed by atoms with Gasteiger partial charge in [-0.25, -0.2) is 4.39 Å². The highest BCUT2D eigenvalue weighted by molar-refractivity contribution is 5.20. The summed E-state index contributed by atoms with van der Waals surface area (Å²) in [5.41, 5.74) is 1.12. The zero-order valence-electron chi connectivity index (χ0n) is 12.1. The number of nitrogens with one attached hydrogen (secondary N) is 1. The van der Waals surface area contributed by atoms with Crippen LogP contribution in [0.25, 0.3) is 0 Å². The molecule has 0 saturated carbocycles. The molecule has 0 spiro atoms. The number of ether oxygens (including phenoxy) is 1. The Kier molecular flexibility index (Phi) is 4.58. The molecular weight excluding hydrogens is 241 g/mol. The van der Waals surface area contributed by atoms with Crippen molar-refractivity contribution in [1.82, 2.24) is 5.32 Å². The highest BCUT2D eigenvalue weighted by atomic mass is 19.1. The maximum atomic E-state index is 13.0. The van der Waals surface area contributed by atoms with Crippen molar-refractivity contribution in [1.29, 1.82) is 0 Å². The quantitative estimate of drug-likeness (QED) is 0.893. The summed E-state index contributed by atoms with van der Waals surface area (Å²) in [5.74, 6) is -0.175. The van der Waals surface area contributed by atoms with E-state index in [1.165, 1.54) is 12.1 Å². The molecule has 0 radical (unpaired) electrons. The van der Waals surface area contributed by atoms with Crippen LogP contribution in [0.15, 0.2) is 24.3 Å². The molecule has 0 aromatic heterocycles. The van der Waals surface area contributed by atoms with Crippen LogP contribution in [0.1, 0.15) is 51.6 Å². The summed E-state index contributed by atoms with van der Waals surface area (Å²) in [6, 6.07) is 7.58. The number of rotatable bonds is 4. The monoisotopic (exact) mass is 265 g/mol. The van der Waals surface area contributed by atoms with Gasteiger partial charge in [0.2, 0.25) is 0 Å². The molecule has 1 aliphatic heterocycles. The number of hydrogen-bond acceptors (Lipinski definition) is 2. The van der Waals surface area contributed by atoms with Crippen LogP contribution >= 0.6 is 0 Å². The van der Waals surface area contributed by atoms with Crippen LogP contribution < -0.4 is 5.32 Å². The molecule has 3 heteroatoms. The number of halogens is 1. The smallest absolute Gasteiger partial charge is 0.123 e. The number of benzene rings is 1. The van der Waals surface area contributed by atoms with Crippen LogP contribution in [0.3, 0.4) is 0 Å². The minimum absolute atomic E-state index is 0.0446. The highest BCUT2D eigenvalue weighted by Crippen LogP contribution is 2.27. The molecule has 2 atom stereocenters. The van der Waals surface area contributed by atoms with Gasteiger partial charge in [-0.15, -0.1) is 0 Å². The van der Waals surface area contributed by atoms with Gasteiger partial charge in [0.25, 0.3) is 0 Å². The molecule has 0 amide bonds. The Labute approximate surface area is 115 Å². The van der Waals surface area contributed by atoms with Crippen molar-refractivity contribution in [2.75, 3.05) is 6.61 Å². The molecule has 2 rings (SSSR count). The zero-order chi connectivity index (χ0) is 13.9. The van der Waals surface area contributed by atoms with E-state index in [1.54, 1.807) is 0 Å². The molecule has 1 aromatic carbocycles. The molecule has 1 aliphatic rings. The third-order valence-corrected chi connectivity index (χ3v) is 3.81. The fourth-order valence-electron chi connectivity index (χ4n) is 2.80. The maximum absolute atomic E-state index is 13.0. The van der Waals surface area contributed by atoms with Gasteiger partial charge < -0.3 is 10.1 Å². The Hall–Kier alpha value is -0.930. The lowest BCUT2D eigenvalue weighted by molar-refractivity contribution is -0.0642. The van der Waals surface area contributed by atoms with Crippen molar-refractivity contribution in [3.8, 4) is 0 Å². The lowest BCUT2D eigenvalue weighted by Gasteiger charge is -2.37. The van der Waals surface area contributed by atoms with Crippen molar-refractivity contribution in [3.05, 3.63) is 35.6 Å². The van der Waals surface area contributed by atoms with Crippen LogP contribution in [-0.4, -0.2) is 18.2 Å². The summed E-state index contributed by atoms with van der Waals surface area (Å²) in [6.45, 7) is 7.25. The van der Waals surface area contributed by atoms with E-state index in [0.717, 1.165) is 31.4 Å². The van der Waals surface area contributed by atoms with Crippen LogP contribution in [0, 0.1) is 5.82 Å².